The molecule has 2 N–H and O–H groups in total. The molecule has 0 bridgehead atoms. The molecule has 3 heterocycles. The molecule has 33 heavy (non-hydrogen) atoms. The van der Waals surface area contributed by atoms with E-state index in [2.05, 4.69) is 46.4 Å². The number of fused-ring (bicyclic) bond motifs is 5. The van der Waals surface area contributed by atoms with Crippen LogP contribution >= 0.6 is 0 Å². The Morgan fingerprint density at radius 2 is 2.06 bits per heavy atom. The molecule has 2 unspecified atom stereocenters. The molecule has 1 amide bonds. The third kappa shape index (κ3) is 4.15. The fraction of sp³-hybridized carbons (Fsp3) is 0.464. The highest BCUT2D eigenvalue weighted by molar-refractivity contribution is 5.86. The zero-order valence-electron chi connectivity index (χ0n) is 19.8. The predicted molar refractivity (Wildman–Crippen MR) is 132 cm³/mol. The number of carbonyl (C=O) groups excluding carboxylic acids is 1. The second kappa shape index (κ2) is 9.22. The van der Waals surface area contributed by atoms with E-state index in [1.165, 1.54) is 35.0 Å². The van der Waals surface area contributed by atoms with Gasteiger partial charge in [0.15, 0.2) is 0 Å². The summed E-state index contributed by atoms with van der Waals surface area (Å²) in [5.74, 6) is 1.06. The molecule has 0 spiro atoms. The summed E-state index contributed by atoms with van der Waals surface area (Å²) in [7, 11) is 1.73. The first-order chi connectivity index (χ1) is 16.1. The van der Waals surface area contributed by atoms with Crippen molar-refractivity contribution in [1.82, 2.24) is 15.2 Å². The first-order valence-corrected chi connectivity index (χ1v) is 12.4. The van der Waals surface area contributed by atoms with Gasteiger partial charge < -0.3 is 15.0 Å². The van der Waals surface area contributed by atoms with E-state index in [0.29, 0.717) is 19.0 Å². The lowest BCUT2D eigenvalue weighted by atomic mass is 9.65. The van der Waals surface area contributed by atoms with Crippen molar-refractivity contribution in [3.05, 3.63) is 65.4 Å². The smallest absolute Gasteiger partial charge is 0.220 e. The number of hydrogen-bond acceptors (Lipinski definition) is 3. The van der Waals surface area contributed by atoms with Gasteiger partial charge in [-0.2, -0.15) is 0 Å². The van der Waals surface area contributed by atoms with Crippen LogP contribution in [0.1, 0.15) is 61.9 Å². The quantitative estimate of drug-likeness (QED) is 0.515. The van der Waals surface area contributed by atoms with Gasteiger partial charge in [-0.1, -0.05) is 37.3 Å². The van der Waals surface area contributed by atoms with E-state index in [1.54, 1.807) is 7.11 Å². The Hall–Kier alpha value is -2.79. The van der Waals surface area contributed by atoms with Gasteiger partial charge in [0.05, 0.1) is 13.2 Å². The third-order valence-electron chi connectivity index (χ3n) is 8.02. The SMILES string of the molecule is CCC1(CCC(=O)NCc2ccccc2)CCCN2CCc3c([nH]c4ccc(OC)cc34)C21. The van der Waals surface area contributed by atoms with Crippen LogP contribution in [0.5, 0.6) is 5.75 Å². The number of ether oxygens (including phenoxy) is 1. The first-order valence-electron chi connectivity index (χ1n) is 12.4. The van der Waals surface area contributed by atoms with Crippen molar-refractivity contribution < 1.29 is 9.53 Å². The monoisotopic (exact) mass is 445 g/mol. The Morgan fingerprint density at radius 1 is 1.21 bits per heavy atom. The van der Waals surface area contributed by atoms with E-state index in [9.17, 15) is 4.79 Å². The number of benzene rings is 2. The highest BCUT2D eigenvalue weighted by Crippen LogP contribution is 2.54. The Kier molecular flexibility index (Phi) is 6.15. The molecule has 5 heteroatoms. The van der Waals surface area contributed by atoms with Crippen molar-refractivity contribution in [3.63, 3.8) is 0 Å². The number of piperidine rings is 1. The molecule has 2 aromatic carbocycles. The van der Waals surface area contributed by atoms with Gasteiger partial charge in [0, 0.05) is 36.1 Å². The van der Waals surface area contributed by atoms with Crippen LogP contribution in [0.25, 0.3) is 10.9 Å². The van der Waals surface area contributed by atoms with E-state index >= 15 is 0 Å². The summed E-state index contributed by atoms with van der Waals surface area (Å²) >= 11 is 0. The van der Waals surface area contributed by atoms with Crippen LogP contribution in [0.4, 0.5) is 0 Å². The van der Waals surface area contributed by atoms with Crippen LogP contribution < -0.4 is 10.1 Å². The Morgan fingerprint density at radius 3 is 2.85 bits per heavy atom. The molecule has 1 saturated heterocycles. The number of H-pyrrole nitrogens is 1. The van der Waals surface area contributed by atoms with Crippen LogP contribution in [-0.2, 0) is 17.8 Å². The zero-order chi connectivity index (χ0) is 22.8. The predicted octanol–water partition coefficient (Wildman–Crippen LogP) is 5.36. The normalized spacial score (nSPS) is 22.5. The second-order valence-electron chi connectivity index (χ2n) is 9.70. The number of aromatic nitrogens is 1. The first kappa shape index (κ1) is 22.0. The van der Waals surface area contributed by atoms with Crippen LogP contribution in [0.15, 0.2) is 48.5 Å². The lowest BCUT2D eigenvalue weighted by molar-refractivity contribution is -0.122. The average Bonchev–Trinajstić information content (AvgIpc) is 3.24. The van der Waals surface area contributed by atoms with Crippen LogP contribution in [0, 0.1) is 5.41 Å². The molecule has 174 valence electrons. The van der Waals surface area contributed by atoms with Crippen LogP contribution in [-0.4, -0.2) is 36.0 Å². The third-order valence-corrected chi connectivity index (χ3v) is 8.02. The lowest BCUT2D eigenvalue weighted by Crippen LogP contribution is -2.49. The van der Waals surface area contributed by atoms with Crippen molar-refractivity contribution in [1.29, 1.82) is 0 Å². The minimum Gasteiger partial charge on any atom is -0.497 e. The number of nitrogens with one attached hydrogen (secondary N) is 2. The summed E-state index contributed by atoms with van der Waals surface area (Å²) in [6.45, 7) is 5.14. The maximum absolute atomic E-state index is 12.8. The fourth-order valence-corrected chi connectivity index (χ4v) is 6.21. The number of nitrogens with zero attached hydrogens (tertiary/aromatic N) is 1. The van der Waals surface area contributed by atoms with Crippen LogP contribution in [0.3, 0.4) is 0 Å². The van der Waals surface area contributed by atoms with E-state index in [1.807, 2.05) is 24.3 Å². The van der Waals surface area contributed by atoms with Gasteiger partial charge in [-0.25, -0.2) is 0 Å². The fourth-order valence-electron chi connectivity index (χ4n) is 6.21. The van der Waals surface area contributed by atoms with Crippen molar-refractivity contribution in [2.75, 3.05) is 20.2 Å². The molecule has 0 radical (unpaired) electrons. The summed E-state index contributed by atoms with van der Waals surface area (Å²) in [5, 5.41) is 4.42. The van der Waals surface area contributed by atoms with Gasteiger partial charge in [-0.15, -0.1) is 0 Å². The lowest BCUT2D eigenvalue weighted by Gasteiger charge is -2.52. The molecule has 2 aliphatic heterocycles. The number of aromatic amines is 1. The van der Waals surface area contributed by atoms with Crippen LogP contribution in [0.2, 0.25) is 0 Å². The van der Waals surface area contributed by atoms with E-state index in [4.69, 9.17) is 4.74 Å². The molecular weight excluding hydrogens is 410 g/mol. The molecule has 5 rings (SSSR count). The van der Waals surface area contributed by atoms with Gasteiger partial charge in [-0.3, -0.25) is 9.69 Å². The molecule has 1 fully saturated rings. The minimum atomic E-state index is 0.114. The average molecular weight is 446 g/mol. The van der Waals surface area contributed by atoms with Crippen molar-refractivity contribution in [2.45, 2.75) is 58.0 Å². The number of hydrogen-bond donors (Lipinski definition) is 2. The summed E-state index contributed by atoms with van der Waals surface area (Å²) in [6, 6.07) is 16.8. The second-order valence-corrected chi connectivity index (χ2v) is 9.70. The maximum atomic E-state index is 12.8. The summed E-state index contributed by atoms with van der Waals surface area (Å²) < 4.78 is 5.50. The van der Waals surface area contributed by atoms with Gasteiger partial charge in [-0.05, 0) is 73.4 Å². The Balaban J connectivity index is 1.38. The Bertz CT molecular complexity index is 1120. The number of methoxy groups -OCH3 is 1. The van der Waals surface area contributed by atoms with E-state index < -0.39 is 0 Å². The van der Waals surface area contributed by atoms with Crippen molar-refractivity contribution in [2.24, 2.45) is 5.41 Å². The molecule has 1 aromatic heterocycles. The standard InChI is InChI=1S/C28H35N3O2/c1-3-28(15-12-25(32)29-19-20-8-5-4-6-9-20)14-7-16-31-17-13-22-23-18-21(33-2)10-11-24(23)30-26(22)27(28)31/h4-6,8-11,18,27,30H,3,7,12-17,19H2,1-2H3,(H,29,32). The molecule has 0 saturated carbocycles. The Labute approximate surface area is 196 Å². The highest BCUT2D eigenvalue weighted by Gasteiger charge is 2.47. The number of rotatable bonds is 7. The minimum absolute atomic E-state index is 0.114. The molecule has 5 nitrogen and oxygen atoms in total. The summed E-state index contributed by atoms with van der Waals surface area (Å²) in [4.78, 5) is 19.3. The van der Waals surface area contributed by atoms with Gasteiger partial charge in [0.25, 0.3) is 0 Å². The molecule has 2 aliphatic rings. The highest BCUT2D eigenvalue weighted by atomic mass is 16.5. The van der Waals surface area contributed by atoms with Gasteiger partial charge in [0.1, 0.15) is 5.75 Å². The van der Waals surface area contributed by atoms with Gasteiger partial charge >= 0.3 is 0 Å². The molecule has 2 atom stereocenters. The maximum Gasteiger partial charge on any atom is 0.220 e. The van der Waals surface area contributed by atoms with E-state index in [-0.39, 0.29) is 11.3 Å². The largest absolute Gasteiger partial charge is 0.497 e. The number of amides is 1. The molecular formula is C28H35N3O2. The summed E-state index contributed by atoms with van der Waals surface area (Å²) in [5.41, 5.74) is 5.26. The van der Waals surface area contributed by atoms with Crippen molar-refractivity contribution >= 4 is 16.8 Å². The molecule has 0 aliphatic carbocycles. The molecule has 3 aromatic rings. The number of carbonyl (C=O) groups is 1. The van der Waals surface area contributed by atoms with E-state index in [0.717, 1.165) is 43.7 Å². The summed E-state index contributed by atoms with van der Waals surface area (Å²) in [6.07, 6.45) is 6.03. The topological polar surface area (TPSA) is 57.4 Å². The van der Waals surface area contributed by atoms with Crippen molar-refractivity contribution in [3.8, 4) is 5.75 Å². The zero-order valence-corrected chi connectivity index (χ0v) is 19.8. The van der Waals surface area contributed by atoms with Gasteiger partial charge in [0.2, 0.25) is 5.91 Å².